The molecule has 0 aliphatic heterocycles. The predicted octanol–water partition coefficient (Wildman–Crippen LogP) is -2.29. The summed E-state index contributed by atoms with van der Waals surface area (Å²) in [4.78, 5) is 39.4. The molecular weight excluding hydrogens is 342 g/mol. The zero-order valence-electron chi connectivity index (χ0n) is 14.0. The molecule has 0 amide bonds. The van der Waals surface area contributed by atoms with Crippen LogP contribution in [-0.2, 0) is 19.2 Å². The molecule has 0 aromatic carbocycles. The lowest BCUT2D eigenvalue weighted by Crippen LogP contribution is -2.36. The van der Waals surface area contributed by atoms with E-state index in [-0.39, 0.29) is 5.92 Å². The summed E-state index contributed by atoms with van der Waals surface area (Å²) < 4.78 is 0. The van der Waals surface area contributed by atoms with Gasteiger partial charge in [-0.3, -0.25) is 19.2 Å². The van der Waals surface area contributed by atoms with Crippen LogP contribution >= 0.6 is 0 Å². The minimum Gasteiger partial charge on any atom is -0.481 e. The summed E-state index contributed by atoms with van der Waals surface area (Å²) in [5, 5.41) is 40.3. The van der Waals surface area contributed by atoms with E-state index in [1.165, 1.54) is 0 Å². The first-order chi connectivity index (χ1) is 11.3. The molecule has 11 N–H and O–H groups in total. The highest BCUT2D eigenvalue weighted by molar-refractivity contribution is 5.80. The Morgan fingerprint density at radius 3 is 1.32 bits per heavy atom. The fraction of sp³-hybridized carbons (Fsp3) is 0.692. The summed E-state index contributed by atoms with van der Waals surface area (Å²) in [6.45, 7) is 3.25. The van der Waals surface area contributed by atoms with Gasteiger partial charge in [0.1, 0.15) is 18.1 Å². The molecule has 12 nitrogen and oxygen atoms in total. The molecule has 12 heteroatoms. The SMILES string of the molecule is CC[C@H](C)[C@H](N)C(=O)O.N[C@@H](CC(=O)O)C(=O)O.N[C@@H](CO)C(=O)O. The number of carbonyl (C=O) groups is 4. The number of carboxylic acids is 4. The molecule has 0 bridgehead atoms. The maximum atomic E-state index is 10.2. The van der Waals surface area contributed by atoms with Gasteiger partial charge in [0, 0.05) is 0 Å². The van der Waals surface area contributed by atoms with Crippen molar-refractivity contribution in [3.8, 4) is 0 Å². The summed E-state index contributed by atoms with van der Waals surface area (Å²) in [7, 11) is 0. The summed E-state index contributed by atoms with van der Waals surface area (Å²) in [5.74, 6) is -4.52. The molecule has 148 valence electrons. The first kappa shape index (κ1) is 27.6. The molecule has 0 radical (unpaired) electrons. The van der Waals surface area contributed by atoms with Crippen LogP contribution in [0.4, 0.5) is 0 Å². The van der Waals surface area contributed by atoms with Gasteiger partial charge in [0.05, 0.1) is 13.0 Å². The van der Waals surface area contributed by atoms with Gasteiger partial charge in [0.15, 0.2) is 0 Å². The van der Waals surface area contributed by atoms with Gasteiger partial charge in [-0.05, 0) is 5.92 Å². The number of hydrogen-bond donors (Lipinski definition) is 8. The van der Waals surface area contributed by atoms with Gasteiger partial charge >= 0.3 is 23.9 Å². The number of rotatable bonds is 8. The van der Waals surface area contributed by atoms with Crippen molar-refractivity contribution in [3.05, 3.63) is 0 Å². The highest BCUT2D eigenvalue weighted by Crippen LogP contribution is 2.04. The van der Waals surface area contributed by atoms with Crippen molar-refractivity contribution in [3.63, 3.8) is 0 Å². The Hall–Kier alpha value is -2.28. The van der Waals surface area contributed by atoms with Crippen LogP contribution < -0.4 is 17.2 Å². The zero-order chi connectivity index (χ0) is 20.7. The van der Waals surface area contributed by atoms with Gasteiger partial charge in [0.25, 0.3) is 0 Å². The summed E-state index contributed by atoms with van der Waals surface area (Å²) in [6.07, 6.45) is 0.281. The highest BCUT2D eigenvalue weighted by Gasteiger charge is 2.17. The quantitative estimate of drug-likeness (QED) is 0.225. The monoisotopic (exact) mass is 369 g/mol. The van der Waals surface area contributed by atoms with Crippen molar-refractivity contribution in [1.29, 1.82) is 0 Å². The first-order valence-electron chi connectivity index (χ1n) is 7.09. The Morgan fingerprint density at radius 1 is 0.840 bits per heavy atom. The Balaban J connectivity index is -0.000000293. The number of hydrogen-bond acceptors (Lipinski definition) is 8. The molecule has 0 saturated heterocycles. The van der Waals surface area contributed by atoms with E-state index < -0.39 is 55.0 Å². The molecule has 0 spiro atoms. The van der Waals surface area contributed by atoms with Gasteiger partial charge in [-0.1, -0.05) is 20.3 Å². The van der Waals surface area contributed by atoms with E-state index in [4.69, 9.17) is 42.7 Å². The van der Waals surface area contributed by atoms with Crippen molar-refractivity contribution in [2.45, 2.75) is 44.8 Å². The third-order valence-corrected chi connectivity index (χ3v) is 2.77. The van der Waals surface area contributed by atoms with Crippen molar-refractivity contribution in [2.75, 3.05) is 6.61 Å². The van der Waals surface area contributed by atoms with Crippen LogP contribution in [-0.4, -0.2) is 74.1 Å². The molecule has 0 heterocycles. The maximum Gasteiger partial charge on any atom is 0.322 e. The Kier molecular flexibility index (Phi) is 16.8. The molecule has 0 fully saturated rings. The lowest BCUT2D eigenvalue weighted by atomic mass is 10.0. The fourth-order valence-electron chi connectivity index (χ4n) is 0.851. The second-order valence-corrected chi connectivity index (χ2v) is 4.92. The second-order valence-electron chi connectivity index (χ2n) is 4.92. The van der Waals surface area contributed by atoms with Crippen LogP contribution in [0.1, 0.15) is 26.7 Å². The van der Waals surface area contributed by atoms with Gasteiger partial charge in [-0.15, -0.1) is 0 Å². The van der Waals surface area contributed by atoms with Gasteiger partial charge in [-0.2, -0.15) is 0 Å². The third-order valence-electron chi connectivity index (χ3n) is 2.77. The average Bonchev–Trinajstić information content (AvgIpc) is 2.52. The van der Waals surface area contributed by atoms with E-state index in [0.29, 0.717) is 0 Å². The topological polar surface area (TPSA) is 247 Å². The predicted molar refractivity (Wildman–Crippen MR) is 85.6 cm³/mol. The molecule has 0 aliphatic rings. The highest BCUT2D eigenvalue weighted by atomic mass is 16.4. The second kappa shape index (κ2) is 15.3. The van der Waals surface area contributed by atoms with Crippen LogP contribution in [0.3, 0.4) is 0 Å². The number of aliphatic hydroxyl groups excluding tert-OH is 1. The number of nitrogens with two attached hydrogens (primary N) is 3. The van der Waals surface area contributed by atoms with Crippen molar-refractivity contribution in [1.82, 2.24) is 0 Å². The molecule has 0 aliphatic carbocycles. The zero-order valence-corrected chi connectivity index (χ0v) is 14.0. The molecule has 4 atom stereocenters. The Bertz CT molecular complexity index is 431. The van der Waals surface area contributed by atoms with Crippen molar-refractivity contribution >= 4 is 23.9 Å². The summed E-state index contributed by atoms with van der Waals surface area (Å²) >= 11 is 0. The fourth-order valence-corrected chi connectivity index (χ4v) is 0.851. The number of aliphatic carboxylic acids is 4. The summed E-state index contributed by atoms with van der Waals surface area (Å²) in [6, 6.07) is -3.11. The molecule has 25 heavy (non-hydrogen) atoms. The van der Waals surface area contributed by atoms with Crippen LogP contribution in [0.2, 0.25) is 0 Å². The molecule has 0 unspecified atom stereocenters. The normalized spacial score (nSPS) is 14.3. The Morgan fingerprint density at radius 2 is 1.24 bits per heavy atom. The first-order valence-corrected chi connectivity index (χ1v) is 7.09. The van der Waals surface area contributed by atoms with E-state index in [2.05, 4.69) is 0 Å². The van der Waals surface area contributed by atoms with Crippen LogP contribution in [0.25, 0.3) is 0 Å². The van der Waals surface area contributed by atoms with E-state index in [0.717, 1.165) is 6.42 Å². The minimum absolute atomic E-state index is 0.0718. The van der Waals surface area contributed by atoms with Gasteiger partial charge < -0.3 is 42.7 Å². The van der Waals surface area contributed by atoms with E-state index in [1.807, 2.05) is 13.8 Å². The number of carboxylic acid groups (broad SMARTS) is 4. The van der Waals surface area contributed by atoms with Crippen LogP contribution in [0.15, 0.2) is 0 Å². The smallest absolute Gasteiger partial charge is 0.322 e. The summed E-state index contributed by atoms with van der Waals surface area (Å²) in [5.41, 5.74) is 14.9. The minimum atomic E-state index is -1.29. The van der Waals surface area contributed by atoms with Crippen molar-refractivity contribution < 1.29 is 44.7 Å². The van der Waals surface area contributed by atoms with E-state index in [9.17, 15) is 19.2 Å². The molecular formula is C13H27N3O9. The molecule has 0 aromatic heterocycles. The Labute approximate surface area is 144 Å². The van der Waals surface area contributed by atoms with E-state index >= 15 is 0 Å². The molecule has 0 saturated carbocycles. The average molecular weight is 369 g/mol. The molecule has 0 aromatic rings. The maximum absolute atomic E-state index is 10.2. The standard InChI is InChI=1S/C6H13NO2.C4H7NO4.C3H7NO3/c1-3-4(2)5(7)6(8)9;5-2(4(8)9)1-3(6)7;4-2(1-5)3(6)7/h4-5H,3,7H2,1-2H3,(H,8,9);2H,1,5H2,(H,6,7)(H,8,9);2,5H,1,4H2,(H,6,7)/t4-,5-;2*2-/m000/s1. The van der Waals surface area contributed by atoms with Crippen LogP contribution in [0.5, 0.6) is 0 Å². The van der Waals surface area contributed by atoms with E-state index in [1.54, 1.807) is 0 Å². The van der Waals surface area contributed by atoms with Crippen LogP contribution in [0, 0.1) is 5.92 Å². The lowest BCUT2D eigenvalue weighted by molar-refractivity contribution is -0.144. The van der Waals surface area contributed by atoms with Gasteiger partial charge in [0.2, 0.25) is 0 Å². The third kappa shape index (κ3) is 17.9. The van der Waals surface area contributed by atoms with Crippen molar-refractivity contribution in [2.24, 2.45) is 23.1 Å². The molecule has 0 rings (SSSR count). The largest absolute Gasteiger partial charge is 0.481 e. The number of aliphatic hydroxyl groups is 1. The van der Waals surface area contributed by atoms with Gasteiger partial charge in [-0.25, -0.2) is 0 Å². The lowest BCUT2D eigenvalue weighted by Gasteiger charge is -2.11.